The summed E-state index contributed by atoms with van der Waals surface area (Å²) in [7, 11) is 6.95. The Kier molecular flexibility index (Phi) is 7.91. The molecule has 2 N–H and O–H groups in total. The SMILES string of the molecule is CN(C)C(=O)c1ccc2c(c1)CCc1cc(C(=O)N(C)C)ccc1C2(CC1(NCC(=O)N2CCC[C@H]2C#N)CC1)c1nn[nH]n1. The smallest absolute Gasteiger partial charge is 0.253 e. The summed E-state index contributed by atoms with van der Waals surface area (Å²) in [5.41, 5.74) is 3.88. The quantitative estimate of drug-likeness (QED) is 0.394. The number of hydrogen-bond donors (Lipinski definition) is 2. The number of aryl methyl sites for hydroxylation is 2. The number of amides is 3. The number of likely N-dealkylation sites (tertiary alicyclic amines) is 1. The van der Waals surface area contributed by atoms with E-state index in [1.54, 1.807) is 42.9 Å². The number of carbonyl (C=O) groups excluding carboxylic acids is 3. The highest BCUT2D eigenvalue weighted by Crippen LogP contribution is 2.53. The fourth-order valence-electron chi connectivity index (χ4n) is 7.12. The van der Waals surface area contributed by atoms with Crippen molar-refractivity contribution < 1.29 is 14.4 Å². The summed E-state index contributed by atoms with van der Waals surface area (Å²) < 4.78 is 0. The number of nitriles is 1. The topological polar surface area (TPSA) is 151 Å². The van der Waals surface area contributed by atoms with Crippen LogP contribution in [-0.4, -0.2) is 106 Å². The number of nitrogens with one attached hydrogen (secondary N) is 2. The van der Waals surface area contributed by atoms with Crippen LogP contribution >= 0.6 is 0 Å². The predicted octanol–water partition coefficient (Wildman–Crippen LogP) is 2.06. The first-order valence-corrected chi connectivity index (χ1v) is 15.5. The van der Waals surface area contributed by atoms with Crippen LogP contribution in [0.4, 0.5) is 0 Å². The van der Waals surface area contributed by atoms with E-state index in [4.69, 9.17) is 0 Å². The zero-order valence-electron chi connectivity index (χ0n) is 26.3. The highest BCUT2D eigenvalue weighted by atomic mass is 16.2. The molecule has 2 heterocycles. The molecule has 0 unspecified atom stereocenters. The molecular weight excluding hydrogens is 570 g/mol. The van der Waals surface area contributed by atoms with E-state index in [1.807, 2.05) is 36.4 Å². The summed E-state index contributed by atoms with van der Waals surface area (Å²) in [6.07, 6.45) is 5.08. The van der Waals surface area contributed by atoms with Crippen molar-refractivity contribution in [2.24, 2.45) is 0 Å². The first-order chi connectivity index (χ1) is 21.6. The predicted molar refractivity (Wildman–Crippen MR) is 165 cm³/mol. The van der Waals surface area contributed by atoms with Crippen molar-refractivity contribution in [2.75, 3.05) is 41.3 Å². The number of rotatable bonds is 8. The Morgan fingerprint density at radius 3 is 2.09 bits per heavy atom. The summed E-state index contributed by atoms with van der Waals surface area (Å²) in [5.74, 6) is 0.257. The number of tetrazole rings is 1. The molecular formula is C33H39N9O3. The van der Waals surface area contributed by atoms with Crippen LogP contribution in [-0.2, 0) is 23.1 Å². The molecule has 12 heteroatoms. The lowest BCUT2D eigenvalue weighted by Crippen LogP contribution is -2.47. The number of H-pyrrole nitrogens is 1. The van der Waals surface area contributed by atoms with Crippen molar-refractivity contribution in [3.63, 3.8) is 0 Å². The van der Waals surface area contributed by atoms with Crippen LogP contribution in [0.5, 0.6) is 0 Å². The van der Waals surface area contributed by atoms with Gasteiger partial charge in [-0.1, -0.05) is 17.3 Å². The second-order valence-corrected chi connectivity index (χ2v) is 13.0. The van der Waals surface area contributed by atoms with Gasteiger partial charge in [0, 0.05) is 51.4 Å². The Balaban J connectivity index is 1.46. The van der Waals surface area contributed by atoms with Gasteiger partial charge in [0.1, 0.15) is 6.04 Å². The largest absolute Gasteiger partial charge is 0.345 e. The second-order valence-electron chi connectivity index (χ2n) is 13.0. The third-order valence-corrected chi connectivity index (χ3v) is 9.62. The molecule has 0 radical (unpaired) electrons. The molecule has 0 bridgehead atoms. The molecule has 1 aliphatic heterocycles. The van der Waals surface area contributed by atoms with Crippen LogP contribution in [0.3, 0.4) is 0 Å². The van der Waals surface area contributed by atoms with Gasteiger partial charge in [-0.3, -0.25) is 14.4 Å². The molecule has 1 saturated heterocycles. The molecule has 12 nitrogen and oxygen atoms in total. The Hall–Kier alpha value is -4.63. The summed E-state index contributed by atoms with van der Waals surface area (Å²) in [6.45, 7) is 0.730. The summed E-state index contributed by atoms with van der Waals surface area (Å²) in [5, 5.41) is 28.9. The van der Waals surface area contributed by atoms with E-state index in [1.165, 1.54) is 0 Å². The zero-order chi connectivity index (χ0) is 31.9. The molecule has 3 aromatic rings. The maximum absolute atomic E-state index is 13.3. The van der Waals surface area contributed by atoms with E-state index in [0.717, 1.165) is 41.5 Å². The normalized spacial score (nSPS) is 19.1. The monoisotopic (exact) mass is 609 g/mol. The van der Waals surface area contributed by atoms with Gasteiger partial charge in [-0.2, -0.15) is 10.5 Å². The van der Waals surface area contributed by atoms with Gasteiger partial charge in [-0.15, -0.1) is 10.2 Å². The Bertz CT molecular complexity index is 1600. The highest BCUT2D eigenvalue weighted by molar-refractivity contribution is 5.95. The standard InChI is InChI=1S/C33H39N9O3/c1-40(2)29(44)23-9-11-26-21(16-23)7-8-22-17-24(30(45)41(3)4)10-12-27(22)33(26,31-36-38-39-37-31)20-32(13-14-32)35-19-28(43)42-15-5-6-25(42)18-34/h9-12,16-17,25,35H,5-8,13-15,19-20H2,1-4H3,(H,36,37,38,39)/t25-/m0/s1. The molecule has 1 saturated carbocycles. The minimum atomic E-state index is -0.886. The summed E-state index contributed by atoms with van der Waals surface area (Å²) in [4.78, 5) is 44.1. The number of aromatic amines is 1. The number of carbonyl (C=O) groups is 3. The Morgan fingerprint density at radius 1 is 1.00 bits per heavy atom. The van der Waals surface area contributed by atoms with E-state index in [2.05, 4.69) is 32.0 Å². The van der Waals surface area contributed by atoms with E-state index >= 15 is 0 Å². The molecule has 6 rings (SSSR count). The molecule has 1 atom stereocenters. The van der Waals surface area contributed by atoms with Crippen LogP contribution in [0.15, 0.2) is 36.4 Å². The maximum Gasteiger partial charge on any atom is 0.253 e. The third-order valence-electron chi connectivity index (χ3n) is 9.62. The van der Waals surface area contributed by atoms with Crippen molar-refractivity contribution in [2.45, 2.75) is 61.9 Å². The summed E-state index contributed by atoms with van der Waals surface area (Å²) in [6, 6.07) is 13.6. The molecule has 3 aliphatic rings. The van der Waals surface area contributed by atoms with Crippen molar-refractivity contribution in [3.05, 3.63) is 75.6 Å². The van der Waals surface area contributed by atoms with Crippen molar-refractivity contribution in [1.29, 1.82) is 5.26 Å². The van der Waals surface area contributed by atoms with E-state index in [0.29, 0.717) is 49.2 Å². The van der Waals surface area contributed by atoms with Crippen molar-refractivity contribution in [3.8, 4) is 6.07 Å². The van der Waals surface area contributed by atoms with Gasteiger partial charge in [-0.25, -0.2) is 0 Å². The number of hydrogen-bond acceptors (Lipinski definition) is 8. The fraction of sp³-hybridized carbons (Fsp3) is 0.485. The lowest BCUT2D eigenvalue weighted by atomic mass is 9.67. The van der Waals surface area contributed by atoms with Crippen LogP contribution in [0.25, 0.3) is 0 Å². The van der Waals surface area contributed by atoms with Gasteiger partial charge in [0.05, 0.1) is 18.0 Å². The average Bonchev–Trinajstić information content (AvgIpc) is 3.39. The molecule has 234 valence electrons. The van der Waals surface area contributed by atoms with E-state index in [-0.39, 0.29) is 30.3 Å². The molecule has 0 spiro atoms. The molecule has 2 aromatic carbocycles. The van der Waals surface area contributed by atoms with Gasteiger partial charge >= 0.3 is 0 Å². The highest BCUT2D eigenvalue weighted by Gasteiger charge is 2.55. The fourth-order valence-corrected chi connectivity index (χ4v) is 7.12. The molecule has 2 aliphatic carbocycles. The minimum absolute atomic E-state index is 0.0701. The average molecular weight is 610 g/mol. The van der Waals surface area contributed by atoms with Crippen LogP contribution < -0.4 is 5.32 Å². The van der Waals surface area contributed by atoms with Gasteiger partial charge in [0.15, 0.2) is 5.82 Å². The van der Waals surface area contributed by atoms with Gasteiger partial charge < -0.3 is 20.0 Å². The first-order valence-electron chi connectivity index (χ1n) is 15.5. The second kappa shape index (κ2) is 11.7. The molecule has 2 fully saturated rings. The minimum Gasteiger partial charge on any atom is -0.345 e. The molecule has 1 aromatic heterocycles. The van der Waals surface area contributed by atoms with Gasteiger partial charge in [0.25, 0.3) is 11.8 Å². The van der Waals surface area contributed by atoms with Crippen LogP contribution in [0.2, 0.25) is 0 Å². The molecule has 3 amide bonds. The lowest BCUT2D eigenvalue weighted by Gasteiger charge is -2.37. The van der Waals surface area contributed by atoms with E-state index < -0.39 is 11.0 Å². The zero-order valence-corrected chi connectivity index (χ0v) is 26.3. The number of nitrogens with zero attached hydrogens (tertiary/aromatic N) is 7. The lowest BCUT2D eigenvalue weighted by molar-refractivity contribution is -0.130. The van der Waals surface area contributed by atoms with Crippen molar-refractivity contribution in [1.82, 2.24) is 40.6 Å². The van der Waals surface area contributed by atoms with Gasteiger partial charge in [0.2, 0.25) is 5.91 Å². The van der Waals surface area contributed by atoms with Gasteiger partial charge in [-0.05, 0) is 91.5 Å². The summed E-state index contributed by atoms with van der Waals surface area (Å²) >= 11 is 0. The molecule has 45 heavy (non-hydrogen) atoms. The number of aromatic nitrogens is 4. The maximum atomic E-state index is 13.3. The van der Waals surface area contributed by atoms with Crippen molar-refractivity contribution >= 4 is 17.7 Å². The Morgan fingerprint density at radius 2 is 1.60 bits per heavy atom. The first kappa shape index (κ1) is 30.4. The Labute approximate surface area is 262 Å². The van der Waals surface area contributed by atoms with Crippen LogP contribution in [0.1, 0.15) is 80.9 Å². The van der Waals surface area contributed by atoms with E-state index in [9.17, 15) is 19.6 Å². The number of fused-ring (bicyclic) bond motifs is 2. The third kappa shape index (κ3) is 5.46. The van der Waals surface area contributed by atoms with Crippen LogP contribution in [0, 0.1) is 11.3 Å². The number of benzene rings is 2.